The highest BCUT2D eigenvalue weighted by molar-refractivity contribution is 5.86. The molecule has 0 radical (unpaired) electrons. The molecule has 1 heterocycles. The van der Waals surface area contributed by atoms with Crippen LogP contribution in [0.1, 0.15) is 17.9 Å². The summed E-state index contributed by atoms with van der Waals surface area (Å²) < 4.78 is 5.46. The third-order valence-electron chi connectivity index (χ3n) is 3.19. The van der Waals surface area contributed by atoms with E-state index in [9.17, 15) is 0 Å². The fraction of sp³-hybridized carbons (Fsp3) is 0.286. The molecule has 15 heavy (non-hydrogen) atoms. The van der Waals surface area contributed by atoms with E-state index in [1.807, 2.05) is 0 Å². The van der Waals surface area contributed by atoms with Gasteiger partial charge in [-0.3, -0.25) is 0 Å². The topological polar surface area (TPSA) is 9.23 Å². The van der Waals surface area contributed by atoms with Gasteiger partial charge in [0.2, 0.25) is 0 Å². The van der Waals surface area contributed by atoms with Gasteiger partial charge in [0.25, 0.3) is 0 Å². The third kappa shape index (κ3) is 1.53. The SMILES string of the molecule is c1ccc2c([C@H]3CCOC3)cccc2c1. The van der Waals surface area contributed by atoms with Crippen molar-refractivity contribution in [2.45, 2.75) is 12.3 Å². The maximum atomic E-state index is 5.46. The van der Waals surface area contributed by atoms with Gasteiger partial charge in [-0.05, 0) is 22.8 Å². The predicted octanol–water partition coefficient (Wildman–Crippen LogP) is 3.34. The van der Waals surface area contributed by atoms with E-state index in [1.54, 1.807) is 0 Å². The van der Waals surface area contributed by atoms with E-state index < -0.39 is 0 Å². The van der Waals surface area contributed by atoms with Crippen molar-refractivity contribution in [1.29, 1.82) is 0 Å². The Balaban J connectivity index is 2.16. The highest BCUT2D eigenvalue weighted by Gasteiger charge is 2.19. The van der Waals surface area contributed by atoms with Crippen molar-refractivity contribution < 1.29 is 4.74 Å². The van der Waals surface area contributed by atoms with E-state index in [4.69, 9.17) is 4.74 Å². The number of benzene rings is 2. The second-order valence-corrected chi connectivity index (χ2v) is 4.13. The second kappa shape index (κ2) is 3.67. The van der Waals surface area contributed by atoms with Crippen molar-refractivity contribution in [3.63, 3.8) is 0 Å². The predicted molar refractivity (Wildman–Crippen MR) is 62.1 cm³/mol. The van der Waals surface area contributed by atoms with Crippen LogP contribution < -0.4 is 0 Å². The first-order valence-electron chi connectivity index (χ1n) is 5.50. The molecule has 1 aliphatic heterocycles. The van der Waals surface area contributed by atoms with Crippen molar-refractivity contribution in [2.24, 2.45) is 0 Å². The van der Waals surface area contributed by atoms with Crippen LogP contribution in [0.2, 0.25) is 0 Å². The number of fused-ring (bicyclic) bond motifs is 1. The fourth-order valence-corrected chi connectivity index (χ4v) is 2.39. The standard InChI is InChI=1S/C14H14O/c1-2-6-13-11(4-1)5-3-7-14(13)12-8-9-15-10-12/h1-7,12H,8-10H2/t12-/m0/s1. The largest absolute Gasteiger partial charge is 0.381 e. The zero-order valence-corrected chi connectivity index (χ0v) is 8.65. The lowest BCUT2D eigenvalue weighted by atomic mass is 9.93. The molecule has 1 atom stereocenters. The number of hydrogen-bond donors (Lipinski definition) is 0. The average Bonchev–Trinajstić information content (AvgIpc) is 2.82. The molecule has 1 heteroatoms. The van der Waals surface area contributed by atoms with E-state index in [2.05, 4.69) is 42.5 Å². The Kier molecular flexibility index (Phi) is 2.18. The van der Waals surface area contributed by atoms with Gasteiger partial charge in [-0.2, -0.15) is 0 Å². The number of hydrogen-bond acceptors (Lipinski definition) is 1. The first-order chi connectivity index (χ1) is 7.45. The van der Waals surface area contributed by atoms with Crippen LogP contribution in [0.3, 0.4) is 0 Å². The molecule has 0 spiro atoms. The minimum absolute atomic E-state index is 0.594. The zero-order chi connectivity index (χ0) is 10.1. The highest BCUT2D eigenvalue weighted by Crippen LogP contribution is 2.30. The molecular weight excluding hydrogens is 184 g/mol. The highest BCUT2D eigenvalue weighted by atomic mass is 16.5. The van der Waals surface area contributed by atoms with Gasteiger partial charge < -0.3 is 4.74 Å². The molecule has 1 nitrogen and oxygen atoms in total. The number of rotatable bonds is 1. The Bertz CT molecular complexity index is 464. The lowest BCUT2D eigenvalue weighted by molar-refractivity contribution is 0.194. The minimum Gasteiger partial charge on any atom is -0.381 e. The van der Waals surface area contributed by atoms with Gasteiger partial charge in [0.05, 0.1) is 6.61 Å². The molecule has 0 saturated carbocycles. The normalized spacial score (nSPS) is 20.9. The third-order valence-corrected chi connectivity index (χ3v) is 3.19. The molecule has 0 bridgehead atoms. The summed E-state index contributed by atoms with van der Waals surface area (Å²) in [4.78, 5) is 0. The first-order valence-corrected chi connectivity index (χ1v) is 5.50. The molecule has 0 N–H and O–H groups in total. The van der Waals surface area contributed by atoms with E-state index in [-0.39, 0.29) is 0 Å². The Morgan fingerprint density at radius 2 is 1.87 bits per heavy atom. The van der Waals surface area contributed by atoms with Crippen LogP contribution in [-0.4, -0.2) is 13.2 Å². The van der Waals surface area contributed by atoms with E-state index in [0.29, 0.717) is 5.92 Å². The molecule has 2 aromatic carbocycles. The molecule has 1 aliphatic rings. The van der Waals surface area contributed by atoms with Crippen LogP contribution >= 0.6 is 0 Å². The van der Waals surface area contributed by atoms with Crippen molar-refractivity contribution in [1.82, 2.24) is 0 Å². The van der Waals surface area contributed by atoms with Gasteiger partial charge in [-0.15, -0.1) is 0 Å². The van der Waals surface area contributed by atoms with Crippen LogP contribution in [0.25, 0.3) is 10.8 Å². The van der Waals surface area contributed by atoms with E-state index in [0.717, 1.165) is 19.6 Å². The van der Waals surface area contributed by atoms with Gasteiger partial charge >= 0.3 is 0 Å². The average molecular weight is 198 g/mol. The van der Waals surface area contributed by atoms with Gasteiger partial charge in [-0.1, -0.05) is 42.5 Å². The minimum atomic E-state index is 0.594. The van der Waals surface area contributed by atoms with Crippen LogP contribution in [0.5, 0.6) is 0 Å². The van der Waals surface area contributed by atoms with Crippen LogP contribution in [0, 0.1) is 0 Å². The van der Waals surface area contributed by atoms with Crippen LogP contribution in [0.4, 0.5) is 0 Å². The second-order valence-electron chi connectivity index (χ2n) is 4.13. The number of ether oxygens (including phenoxy) is 1. The molecule has 76 valence electrons. The smallest absolute Gasteiger partial charge is 0.0535 e. The van der Waals surface area contributed by atoms with Crippen molar-refractivity contribution in [2.75, 3.05) is 13.2 Å². The van der Waals surface area contributed by atoms with Crippen molar-refractivity contribution in [3.8, 4) is 0 Å². The van der Waals surface area contributed by atoms with Gasteiger partial charge in [0.1, 0.15) is 0 Å². The molecule has 1 fully saturated rings. The first kappa shape index (κ1) is 8.93. The molecule has 0 aromatic heterocycles. The summed E-state index contributed by atoms with van der Waals surface area (Å²) in [7, 11) is 0. The molecule has 2 aromatic rings. The Morgan fingerprint density at radius 3 is 2.73 bits per heavy atom. The summed E-state index contributed by atoms with van der Waals surface area (Å²) in [6.45, 7) is 1.79. The molecule has 3 rings (SSSR count). The maximum absolute atomic E-state index is 5.46. The summed E-state index contributed by atoms with van der Waals surface area (Å²) in [6.07, 6.45) is 1.16. The van der Waals surface area contributed by atoms with Crippen molar-refractivity contribution in [3.05, 3.63) is 48.0 Å². The monoisotopic (exact) mass is 198 g/mol. The molecular formula is C14H14O. The Hall–Kier alpha value is -1.34. The summed E-state index contributed by atoms with van der Waals surface area (Å²) in [6, 6.07) is 15.2. The fourth-order valence-electron chi connectivity index (χ4n) is 2.39. The lowest BCUT2D eigenvalue weighted by Gasteiger charge is -2.11. The maximum Gasteiger partial charge on any atom is 0.0535 e. The Morgan fingerprint density at radius 1 is 1.00 bits per heavy atom. The van der Waals surface area contributed by atoms with Gasteiger partial charge in [0, 0.05) is 12.5 Å². The molecule has 0 amide bonds. The molecule has 0 aliphatic carbocycles. The van der Waals surface area contributed by atoms with Crippen molar-refractivity contribution >= 4 is 10.8 Å². The van der Waals surface area contributed by atoms with E-state index >= 15 is 0 Å². The summed E-state index contributed by atoms with van der Waals surface area (Å²) in [5.74, 6) is 0.594. The molecule has 0 unspecified atom stereocenters. The zero-order valence-electron chi connectivity index (χ0n) is 8.65. The summed E-state index contributed by atoms with van der Waals surface area (Å²) >= 11 is 0. The van der Waals surface area contributed by atoms with E-state index in [1.165, 1.54) is 16.3 Å². The van der Waals surface area contributed by atoms with Crippen LogP contribution in [-0.2, 0) is 4.74 Å². The molecule has 1 saturated heterocycles. The summed E-state index contributed by atoms with van der Waals surface area (Å²) in [5, 5.41) is 2.72. The van der Waals surface area contributed by atoms with Gasteiger partial charge in [-0.25, -0.2) is 0 Å². The summed E-state index contributed by atoms with van der Waals surface area (Å²) in [5.41, 5.74) is 1.45. The Labute approximate surface area is 89.7 Å². The lowest BCUT2D eigenvalue weighted by Crippen LogP contribution is -1.98. The van der Waals surface area contributed by atoms with Gasteiger partial charge in [0.15, 0.2) is 0 Å². The van der Waals surface area contributed by atoms with Crippen LogP contribution in [0.15, 0.2) is 42.5 Å². The quantitative estimate of drug-likeness (QED) is 0.682.